The van der Waals surface area contributed by atoms with E-state index in [2.05, 4.69) is 46.9 Å². The van der Waals surface area contributed by atoms with Crippen molar-refractivity contribution in [2.75, 3.05) is 5.75 Å². The van der Waals surface area contributed by atoms with E-state index >= 15 is 0 Å². The van der Waals surface area contributed by atoms with Gasteiger partial charge in [0.2, 0.25) is 5.91 Å². The molecular weight excluding hydrogens is 811 g/mol. The summed E-state index contributed by atoms with van der Waals surface area (Å²) >= 11 is 1.58. The fourth-order valence-electron chi connectivity index (χ4n) is 7.25. The molecule has 0 fully saturated rings. The molecule has 332 valence electrons. The molecule has 0 heterocycles. The highest BCUT2D eigenvalue weighted by Crippen LogP contribution is 2.49. The first kappa shape index (κ1) is 50.3. The van der Waals surface area contributed by atoms with Gasteiger partial charge in [0.05, 0.1) is 29.2 Å². The van der Waals surface area contributed by atoms with Gasteiger partial charge in [-0.05, 0) is 83.6 Å². The molecule has 4 rings (SSSR count). The van der Waals surface area contributed by atoms with Gasteiger partial charge in [0.25, 0.3) is 0 Å². The zero-order valence-electron chi connectivity index (χ0n) is 37.6. The summed E-state index contributed by atoms with van der Waals surface area (Å²) in [6.07, 6.45) is -1.01. The highest BCUT2D eigenvalue weighted by atomic mass is 32.2. The third-order valence-corrected chi connectivity index (χ3v) is 12.0. The van der Waals surface area contributed by atoms with Crippen molar-refractivity contribution in [1.82, 2.24) is 10.5 Å². The van der Waals surface area contributed by atoms with Gasteiger partial charge in [-0.15, -0.1) is 11.8 Å². The smallest absolute Gasteiger partial charge is 0.322 e. The van der Waals surface area contributed by atoms with Gasteiger partial charge >= 0.3 is 11.9 Å². The molecule has 2 radical (unpaired) electrons. The van der Waals surface area contributed by atoms with Gasteiger partial charge in [0.15, 0.2) is 13.8 Å². The Labute approximate surface area is 378 Å². The number of ketones is 3. The standard InChI is InChI=1S/C51H61BN2O8S/c1-35(55)38(34-63-51(39-22-14-9-15-23-39,40-24-16-10-17-25-40)41-26-18-11-19-27-41)32-45(57)44(30-36-20-12-8-13-21-36)53-47(59)37(33-46(58)61-49(2,3)4)31-42(56)28-29-43(54-52)48(60)62-50(5,6)7/h8-27,37-38,43-44,54H,28-34H2,1-7H3,(H,53,59)/t37-,38-,43-,44-/m0/s1. The molecule has 2 N–H and O–H groups in total. The Hall–Kier alpha value is -5.33. The SMILES string of the molecule is [B]N[C@@H](CCC(=O)C[C@@H](CC(=O)OC(C)(C)C)C(=O)N[C@@H](Cc1ccccc1)C(=O)C[C@@H](CSC(c1ccccc1)(c1ccccc1)c1ccccc1)C(C)=O)C(=O)OC(C)(C)C. The van der Waals surface area contributed by atoms with Crippen LogP contribution >= 0.6 is 11.8 Å². The lowest BCUT2D eigenvalue weighted by molar-refractivity contribution is -0.158. The normalized spacial score (nSPS) is 13.8. The van der Waals surface area contributed by atoms with Crippen LogP contribution in [0.25, 0.3) is 0 Å². The Morgan fingerprint density at radius 2 is 1.10 bits per heavy atom. The summed E-state index contributed by atoms with van der Waals surface area (Å²) < 4.78 is 10.2. The first-order valence-corrected chi connectivity index (χ1v) is 22.4. The summed E-state index contributed by atoms with van der Waals surface area (Å²) in [6, 6.07) is 37.3. The molecule has 12 heteroatoms. The van der Waals surface area contributed by atoms with Crippen LogP contribution in [-0.2, 0) is 49.4 Å². The molecule has 10 nitrogen and oxygen atoms in total. The summed E-state index contributed by atoms with van der Waals surface area (Å²) in [5, 5.41) is 5.28. The minimum atomic E-state index is -1.20. The van der Waals surface area contributed by atoms with Crippen LogP contribution in [0, 0.1) is 11.8 Å². The number of hydrogen-bond donors (Lipinski definition) is 2. The van der Waals surface area contributed by atoms with Gasteiger partial charge in [-0.1, -0.05) is 121 Å². The number of hydrogen-bond acceptors (Lipinski definition) is 10. The highest BCUT2D eigenvalue weighted by molar-refractivity contribution is 8.00. The Morgan fingerprint density at radius 3 is 1.54 bits per heavy atom. The van der Waals surface area contributed by atoms with E-state index < -0.39 is 69.9 Å². The summed E-state index contributed by atoms with van der Waals surface area (Å²) in [5.41, 5.74) is 2.17. The number of rotatable bonds is 23. The molecule has 0 saturated heterocycles. The van der Waals surface area contributed by atoms with E-state index in [1.54, 1.807) is 53.3 Å². The number of carbonyl (C=O) groups excluding carboxylic acids is 6. The lowest BCUT2D eigenvalue weighted by atomic mass is 9.84. The maximum atomic E-state index is 14.6. The van der Waals surface area contributed by atoms with Crippen molar-refractivity contribution >= 4 is 54.9 Å². The number of thioether (sulfide) groups is 1. The van der Waals surface area contributed by atoms with Crippen LogP contribution in [0.3, 0.4) is 0 Å². The fraction of sp³-hybridized carbons (Fsp3) is 0.412. The average Bonchev–Trinajstić information content (AvgIpc) is 3.23. The second-order valence-corrected chi connectivity index (χ2v) is 19.1. The lowest BCUT2D eigenvalue weighted by Gasteiger charge is -2.36. The molecule has 4 aromatic rings. The number of Topliss-reactive ketones (excluding diaryl/α,β-unsaturated/α-hetero) is 3. The number of esters is 2. The summed E-state index contributed by atoms with van der Waals surface area (Å²) in [5.74, 6) is -4.59. The Bertz CT molecular complexity index is 2030. The van der Waals surface area contributed by atoms with Gasteiger partial charge in [0.1, 0.15) is 22.8 Å². The van der Waals surface area contributed by atoms with Crippen LogP contribution in [0.5, 0.6) is 0 Å². The van der Waals surface area contributed by atoms with Gasteiger partial charge in [0, 0.05) is 30.9 Å². The molecule has 0 spiro atoms. The van der Waals surface area contributed by atoms with Crippen molar-refractivity contribution in [1.29, 1.82) is 0 Å². The summed E-state index contributed by atoms with van der Waals surface area (Å²) in [4.78, 5) is 81.7. The van der Waals surface area contributed by atoms with Crippen molar-refractivity contribution in [3.8, 4) is 0 Å². The predicted octanol–water partition coefficient (Wildman–Crippen LogP) is 8.07. The summed E-state index contributed by atoms with van der Waals surface area (Å²) in [7, 11) is 5.63. The zero-order chi connectivity index (χ0) is 46.2. The van der Waals surface area contributed by atoms with Crippen LogP contribution in [0.15, 0.2) is 121 Å². The van der Waals surface area contributed by atoms with Gasteiger partial charge in [-0.3, -0.25) is 28.8 Å². The molecule has 63 heavy (non-hydrogen) atoms. The maximum Gasteiger partial charge on any atom is 0.322 e. The highest BCUT2D eigenvalue weighted by Gasteiger charge is 2.39. The molecule has 0 aliphatic rings. The third-order valence-electron chi connectivity index (χ3n) is 10.3. The van der Waals surface area contributed by atoms with Crippen molar-refractivity contribution < 1.29 is 38.2 Å². The van der Waals surface area contributed by atoms with Gasteiger partial charge < -0.3 is 20.0 Å². The second-order valence-electron chi connectivity index (χ2n) is 17.8. The molecule has 0 bridgehead atoms. The Kier molecular flexibility index (Phi) is 18.7. The first-order valence-electron chi connectivity index (χ1n) is 21.4. The molecule has 4 aromatic carbocycles. The van der Waals surface area contributed by atoms with Crippen LogP contribution in [0.4, 0.5) is 0 Å². The van der Waals surface area contributed by atoms with Crippen LogP contribution in [0.2, 0.25) is 0 Å². The number of benzene rings is 4. The van der Waals surface area contributed by atoms with E-state index in [9.17, 15) is 28.8 Å². The van der Waals surface area contributed by atoms with Gasteiger partial charge in [-0.2, -0.15) is 0 Å². The van der Waals surface area contributed by atoms with Crippen molar-refractivity contribution in [3.63, 3.8) is 0 Å². The molecule has 4 atom stereocenters. The zero-order valence-corrected chi connectivity index (χ0v) is 38.4. The molecular formula is C51H61BN2O8S. The number of carbonyl (C=O) groups is 6. The van der Waals surface area contributed by atoms with E-state index in [4.69, 9.17) is 17.5 Å². The lowest BCUT2D eigenvalue weighted by Crippen LogP contribution is -2.47. The average molecular weight is 873 g/mol. The van der Waals surface area contributed by atoms with E-state index in [-0.39, 0.29) is 49.4 Å². The Morgan fingerprint density at radius 1 is 0.619 bits per heavy atom. The number of nitrogens with one attached hydrogen (secondary N) is 2. The van der Waals surface area contributed by atoms with Crippen LogP contribution in [0.1, 0.15) is 103 Å². The molecule has 1 amide bonds. The number of ether oxygens (including phenoxy) is 2. The van der Waals surface area contributed by atoms with E-state index in [1.807, 2.05) is 84.9 Å². The van der Waals surface area contributed by atoms with E-state index in [1.165, 1.54) is 6.92 Å². The second kappa shape index (κ2) is 23.4. The largest absolute Gasteiger partial charge is 0.460 e. The fourth-order valence-corrected chi connectivity index (χ4v) is 8.96. The quantitative estimate of drug-likeness (QED) is 0.0427. The third kappa shape index (κ3) is 15.8. The van der Waals surface area contributed by atoms with Crippen LogP contribution in [-0.4, -0.2) is 72.2 Å². The summed E-state index contributed by atoms with van der Waals surface area (Å²) in [6.45, 7) is 11.7. The Balaban J connectivity index is 1.62. The van der Waals surface area contributed by atoms with E-state index in [0.717, 1.165) is 22.3 Å². The minimum Gasteiger partial charge on any atom is -0.460 e. The maximum absolute atomic E-state index is 14.6. The minimum absolute atomic E-state index is 0.00924. The van der Waals surface area contributed by atoms with Gasteiger partial charge in [-0.25, -0.2) is 0 Å². The van der Waals surface area contributed by atoms with Crippen molar-refractivity contribution in [2.45, 2.75) is 115 Å². The van der Waals surface area contributed by atoms with E-state index in [0.29, 0.717) is 0 Å². The monoisotopic (exact) mass is 872 g/mol. The molecule has 0 aliphatic carbocycles. The molecule has 0 aliphatic heterocycles. The predicted molar refractivity (Wildman–Crippen MR) is 249 cm³/mol. The molecule has 0 aromatic heterocycles. The topological polar surface area (TPSA) is 145 Å². The van der Waals surface area contributed by atoms with Crippen molar-refractivity contribution in [3.05, 3.63) is 144 Å². The molecule has 0 saturated carbocycles. The first-order chi connectivity index (χ1) is 29.8. The molecule has 0 unspecified atom stereocenters. The van der Waals surface area contributed by atoms with Crippen molar-refractivity contribution in [2.24, 2.45) is 11.8 Å². The number of amides is 1. The van der Waals surface area contributed by atoms with Crippen LogP contribution < -0.4 is 10.5 Å².